The first-order chi connectivity index (χ1) is 18.9. The SMILES string of the molecule is CN(C)CCOc1cc(-c2coc3cc(OCCN4CCCC4)ccc23)cc(OC(F)F)c1C(=O)NC1CC1. The Morgan fingerprint density at radius 3 is 2.59 bits per heavy atom. The molecule has 5 rings (SSSR count). The minimum absolute atomic E-state index is 0.0359. The predicted molar refractivity (Wildman–Crippen MR) is 144 cm³/mol. The van der Waals surface area contributed by atoms with E-state index in [0.717, 1.165) is 37.9 Å². The second kappa shape index (κ2) is 12.2. The molecule has 0 spiro atoms. The minimum Gasteiger partial charge on any atom is -0.492 e. The van der Waals surface area contributed by atoms with Crippen LogP contribution in [0.4, 0.5) is 8.78 Å². The summed E-state index contributed by atoms with van der Waals surface area (Å²) in [6, 6.07) is 8.74. The van der Waals surface area contributed by atoms with Gasteiger partial charge in [0.25, 0.3) is 5.91 Å². The van der Waals surface area contributed by atoms with E-state index in [1.165, 1.54) is 18.9 Å². The zero-order chi connectivity index (χ0) is 27.4. The van der Waals surface area contributed by atoms with E-state index in [1.54, 1.807) is 12.3 Å². The molecule has 3 aromatic rings. The molecule has 0 unspecified atom stereocenters. The normalized spacial score (nSPS) is 15.8. The van der Waals surface area contributed by atoms with Crippen LogP contribution in [0.2, 0.25) is 0 Å². The number of furan rings is 1. The van der Waals surface area contributed by atoms with Crippen LogP contribution in [-0.4, -0.2) is 81.8 Å². The van der Waals surface area contributed by atoms with Crippen LogP contribution < -0.4 is 19.5 Å². The lowest BCUT2D eigenvalue weighted by molar-refractivity contribution is -0.0502. The van der Waals surface area contributed by atoms with Crippen molar-refractivity contribution in [1.82, 2.24) is 15.1 Å². The molecule has 1 aliphatic heterocycles. The van der Waals surface area contributed by atoms with Crippen molar-refractivity contribution in [2.75, 3.05) is 53.5 Å². The third-order valence-electron chi connectivity index (χ3n) is 6.95. The molecule has 2 fully saturated rings. The van der Waals surface area contributed by atoms with Gasteiger partial charge < -0.3 is 28.8 Å². The van der Waals surface area contributed by atoms with Gasteiger partial charge in [-0.05, 0) is 82.7 Å². The molecule has 1 N–H and O–H groups in total. The van der Waals surface area contributed by atoms with Crippen LogP contribution in [-0.2, 0) is 0 Å². The number of rotatable bonds is 13. The van der Waals surface area contributed by atoms with Gasteiger partial charge in [0.05, 0.1) is 6.26 Å². The van der Waals surface area contributed by atoms with Gasteiger partial charge >= 0.3 is 6.61 Å². The molecule has 0 atom stereocenters. The number of hydrogen-bond acceptors (Lipinski definition) is 7. The summed E-state index contributed by atoms with van der Waals surface area (Å²) in [5.41, 5.74) is 1.77. The van der Waals surface area contributed by atoms with Crippen LogP contribution in [0.25, 0.3) is 22.1 Å². The van der Waals surface area contributed by atoms with Crippen molar-refractivity contribution in [3.05, 3.63) is 42.2 Å². The topological polar surface area (TPSA) is 76.4 Å². The molecule has 1 amide bonds. The van der Waals surface area contributed by atoms with Crippen molar-refractivity contribution >= 4 is 16.9 Å². The largest absolute Gasteiger partial charge is 0.492 e. The summed E-state index contributed by atoms with van der Waals surface area (Å²) >= 11 is 0. The Balaban J connectivity index is 1.44. The van der Waals surface area contributed by atoms with E-state index < -0.39 is 12.5 Å². The van der Waals surface area contributed by atoms with Gasteiger partial charge in [0.1, 0.15) is 41.6 Å². The Hall–Kier alpha value is -3.37. The highest BCUT2D eigenvalue weighted by Gasteiger charge is 2.29. The second-order valence-electron chi connectivity index (χ2n) is 10.3. The number of nitrogens with one attached hydrogen (secondary N) is 1. The summed E-state index contributed by atoms with van der Waals surface area (Å²) in [4.78, 5) is 17.4. The number of alkyl halides is 2. The number of amides is 1. The molecule has 2 aliphatic rings. The molecule has 210 valence electrons. The number of ether oxygens (including phenoxy) is 3. The maximum Gasteiger partial charge on any atom is 0.387 e. The average Bonchev–Trinajstić information content (AvgIpc) is 3.36. The number of likely N-dealkylation sites (tertiary alicyclic amines) is 1. The predicted octanol–water partition coefficient (Wildman–Crippen LogP) is 5.01. The maximum absolute atomic E-state index is 13.5. The number of hydrogen-bond donors (Lipinski definition) is 1. The molecular weight excluding hydrogens is 508 g/mol. The van der Waals surface area contributed by atoms with Crippen molar-refractivity contribution in [3.8, 4) is 28.4 Å². The zero-order valence-electron chi connectivity index (χ0n) is 22.4. The molecule has 0 radical (unpaired) electrons. The molecule has 10 heteroatoms. The molecule has 8 nitrogen and oxygen atoms in total. The number of benzene rings is 2. The summed E-state index contributed by atoms with van der Waals surface area (Å²) in [6.45, 7) is 1.43. The first-order valence-corrected chi connectivity index (χ1v) is 13.5. The Kier molecular flexibility index (Phi) is 8.52. The third-order valence-corrected chi connectivity index (χ3v) is 6.95. The molecule has 1 saturated heterocycles. The molecular formula is C29H35F2N3O5. The average molecular weight is 544 g/mol. The van der Waals surface area contributed by atoms with E-state index in [-0.39, 0.29) is 29.7 Å². The Morgan fingerprint density at radius 1 is 1.10 bits per heavy atom. The number of fused-ring (bicyclic) bond motifs is 1. The molecule has 39 heavy (non-hydrogen) atoms. The second-order valence-corrected chi connectivity index (χ2v) is 10.3. The summed E-state index contributed by atoms with van der Waals surface area (Å²) in [5, 5.41) is 3.64. The summed E-state index contributed by atoms with van der Waals surface area (Å²) in [5.74, 6) is 0.146. The lowest BCUT2D eigenvalue weighted by Crippen LogP contribution is -2.27. The molecule has 2 aromatic carbocycles. The quantitative estimate of drug-likeness (QED) is 0.325. The molecule has 1 aliphatic carbocycles. The van der Waals surface area contributed by atoms with E-state index >= 15 is 0 Å². The highest BCUT2D eigenvalue weighted by Crippen LogP contribution is 2.40. The van der Waals surface area contributed by atoms with E-state index in [9.17, 15) is 13.6 Å². The van der Waals surface area contributed by atoms with Gasteiger partial charge in [-0.25, -0.2) is 0 Å². The number of nitrogens with zero attached hydrogens (tertiary/aromatic N) is 2. The van der Waals surface area contributed by atoms with Crippen LogP contribution in [0.5, 0.6) is 17.2 Å². The van der Waals surface area contributed by atoms with Gasteiger partial charge in [-0.15, -0.1) is 0 Å². The van der Waals surface area contributed by atoms with Gasteiger partial charge in [0.15, 0.2) is 0 Å². The maximum atomic E-state index is 13.5. The minimum atomic E-state index is -3.11. The van der Waals surface area contributed by atoms with E-state index in [0.29, 0.717) is 35.6 Å². The summed E-state index contributed by atoms with van der Waals surface area (Å²) in [7, 11) is 3.79. The lowest BCUT2D eigenvalue weighted by atomic mass is 10.0. The van der Waals surface area contributed by atoms with Gasteiger partial charge in [0.2, 0.25) is 0 Å². The van der Waals surface area contributed by atoms with Crippen LogP contribution >= 0.6 is 0 Å². The summed E-state index contributed by atoms with van der Waals surface area (Å²) < 4.78 is 49.5. The number of carbonyl (C=O) groups excluding carboxylic acids is 1. The highest BCUT2D eigenvalue weighted by molar-refractivity contribution is 6.02. The van der Waals surface area contributed by atoms with Gasteiger partial charge in [-0.2, -0.15) is 8.78 Å². The fourth-order valence-corrected chi connectivity index (χ4v) is 4.72. The standard InChI is InChI=1S/C29H35F2N3O5/c1-33(2)11-13-37-25-15-19(16-26(39-29(30)31)27(25)28(35)32-20-5-6-20)23-18-38-24-17-21(7-8-22(23)24)36-14-12-34-9-3-4-10-34/h7-8,15-18,20,29H,3-6,9-14H2,1-2H3,(H,32,35). The zero-order valence-corrected chi connectivity index (χ0v) is 22.4. The first-order valence-electron chi connectivity index (χ1n) is 13.5. The van der Waals surface area contributed by atoms with Crippen molar-refractivity contribution in [3.63, 3.8) is 0 Å². The van der Waals surface area contributed by atoms with E-state index in [4.69, 9.17) is 18.6 Å². The molecule has 1 saturated carbocycles. The Bertz CT molecular complexity index is 1290. The molecule has 2 heterocycles. The monoisotopic (exact) mass is 543 g/mol. The number of halogens is 2. The van der Waals surface area contributed by atoms with Crippen molar-refractivity contribution < 1.29 is 32.2 Å². The first kappa shape index (κ1) is 27.2. The van der Waals surface area contributed by atoms with Gasteiger partial charge in [0, 0.05) is 36.1 Å². The van der Waals surface area contributed by atoms with Crippen LogP contribution in [0.1, 0.15) is 36.0 Å². The van der Waals surface area contributed by atoms with Crippen LogP contribution in [0.3, 0.4) is 0 Å². The summed E-state index contributed by atoms with van der Waals surface area (Å²) in [6.07, 6.45) is 5.75. The van der Waals surface area contributed by atoms with Gasteiger partial charge in [-0.1, -0.05) is 0 Å². The third kappa shape index (κ3) is 6.99. The number of likely N-dealkylation sites (N-methyl/N-ethyl adjacent to an activating group) is 1. The lowest BCUT2D eigenvalue weighted by Gasteiger charge is -2.18. The van der Waals surface area contributed by atoms with E-state index in [1.807, 2.05) is 37.2 Å². The highest BCUT2D eigenvalue weighted by atomic mass is 19.3. The van der Waals surface area contributed by atoms with E-state index in [2.05, 4.69) is 10.2 Å². The van der Waals surface area contributed by atoms with Gasteiger partial charge in [-0.3, -0.25) is 9.69 Å². The molecule has 1 aromatic heterocycles. The van der Waals surface area contributed by atoms with Crippen LogP contribution in [0, 0.1) is 0 Å². The fourth-order valence-electron chi connectivity index (χ4n) is 4.72. The van der Waals surface area contributed by atoms with Crippen molar-refractivity contribution in [2.45, 2.75) is 38.3 Å². The van der Waals surface area contributed by atoms with Crippen molar-refractivity contribution in [1.29, 1.82) is 0 Å². The van der Waals surface area contributed by atoms with Crippen molar-refractivity contribution in [2.24, 2.45) is 0 Å². The Labute approximate surface area is 226 Å². The number of carbonyl (C=O) groups is 1. The van der Waals surface area contributed by atoms with Crippen LogP contribution in [0.15, 0.2) is 41.0 Å². The smallest absolute Gasteiger partial charge is 0.387 e. The fraction of sp³-hybridized carbons (Fsp3) is 0.483. The Morgan fingerprint density at radius 2 is 1.87 bits per heavy atom. The molecule has 0 bridgehead atoms.